The van der Waals surface area contributed by atoms with Gasteiger partial charge in [0.05, 0.1) is 0 Å². The summed E-state index contributed by atoms with van der Waals surface area (Å²) in [7, 11) is -1.84. The third-order valence-electron chi connectivity index (χ3n) is 0.338. The molecule has 34 valence electrons. The highest BCUT2D eigenvalue weighted by Gasteiger charge is 2.44. The molecular formula is CHClO3P+. The molecule has 1 fully saturated rings. The average Bonchev–Trinajstić information content (AvgIpc) is 1.33. The molecule has 0 atom stereocenters. The van der Waals surface area contributed by atoms with Gasteiger partial charge in [-0.2, -0.15) is 0 Å². The summed E-state index contributed by atoms with van der Waals surface area (Å²) in [5.41, 5.74) is 0. The highest BCUT2D eigenvalue weighted by atomic mass is 35.5. The molecule has 1 aliphatic rings. The Balaban J connectivity index is 2.28. The summed E-state index contributed by atoms with van der Waals surface area (Å²) in [4.78, 5) is 0. The second kappa shape index (κ2) is 1.43. The van der Waals surface area contributed by atoms with E-state index in [0.717, 1.165) is 0 Å². The van der Waals surface area contributed by atoms with Crippen LogP contribution in [0.4, 0.5) is 0 Å². The minimum atomic E-state index is -1.84. The van der Waals surface area contributed by atoms with E-state index in [0.29, 0.717) is 0 Å². The molecule has 1 rings (SSSR count). The SMILES string of the molecule is O=[P+]1OC(Cl)O1. The van der Waals surface area contributed by atoms with Crippen LogP contribution in [-0.2, 0) is 13.6 Å². The maximum Gasteiger partial charge on any atom is 0.705 e. The molecule has 0 spiro atoms. The molecule has 0 aliphatic carbocycles. The molecule has 0 unspecified atom stereocenters. The number of hydrogen-bond acceptors (Lipinski definition) is 3. The van der Waals surface area contributed by atoms with E-state index in [2.05, 4.69) is 9.05 Å². The van der Waals surface area contributed by atoms with Gasteiger partial charge in [0.25, 0.3) is 0 Å². The van der Waals surface area contributed by atoms with E-state index in [-0.39, 0.29) is 0 Å². The van der Waals surface area contributed by atoms with Crippen molar-refractivity contribution in [2.24, 2.45) is 0 Å². The monoisotopic (exact) mass is 127 g/mol. The predicted molar refractivity (Wildman–Crippen MR) is 19.4 cm³/mol. The zero-order chi connectivity index (χ0) is 4.57. The molecule has 0 aromatic carbocycles. The van der Waals surface area contributed by atoms with Gasteiger partial charge in [0.1, 0.15) is 0 Å². The zero-order valence-corrected chi connectivity index (χ0v) is 4.28. The van der Waals surface area contributed by atoms with E-state index >= 15 is 0 Å². The Bertz CT molecular complexity index is 74.9. The number of rotatable bonds is 0. The zero-order valence-electron chi connectivity index (χ0n) is 2.63. The molecule has 1 heterocycles. The van der Waals surface area contributed by atoms with Gasteiger partial charge < -0.3 is 0 Å². The highest BCUT2D eigenvalue weighted by Crippen LogP contribution is 2.41. The Hall–Kier alpha value is 0.310. The Morgan fingerprint density at radius 2 is 2.17 bits per heavy atom. The van der Waals surface area contributed by atoms with Gasteiger partial charge in [-0.15, -0.1) is 0 Å². The lowest BCUT2D eigenvalue weighted by molar-refractivity contribution is -0.0122. The van der Waals surface area contributed by atoms with Crippen molar-refractivity contribution in [3.63, 3.8) is 0 Å². The molecule has 5 heteroatoms. The molecule has 0 aromatic heterocycles. The molecule has 1 aliphatic heterocycles. The molecule has 0 bridgehead atoms. The maximum atomic E-state index is 9.73. The molecule has 1 saturated heterocycles. The van der Waals surface area contributed by atoms with Crippen LogP contribution in [0.25, 0.3) is 0 Å². The quantitative estimate of drug-likeness (QED) is 0.362. The molecule has 0 N–H and O–H groups in total. The summed E-state index contributed by atoms with van der Waals surface area (Å²) < 4.78 is 18.1. The second-order valence-electron chi connectivity index (χ2n) is 0.709. The van der Waals surface area contributed by atoms with Crippen LogP contribution in [0, 0.1) is 0 Å². The van der Waals surface area contributed by atoms with Crippen molar-refractivity contribution in [3.8, 4) is 0 Å². The molecule has 3 nitrogen and oxygen atoms in total. The van der Waals surface area contributed by atoms with Gasteiger partial charge in [-0.3, -0.25) is 0 Å². The van der Waals surface area contributed by atoms with Crippen molar-refractivity contribution < 1.29 is 13.6 Å². The fourth-order valence-electron chi connectivity index (χ4n) is 0.143. The van der Waals surface area contributed by atoms with E-state index < -0.39 is 14.0 Å². The van der Waals surface area contributed by atoms with Crippen LogP contribution in [-0.4, -0.2) is 5.75 Å². The lowest BCUT2D eigenvalue weighted by Gasteiger charge is -1.99. The maximum absolute atomic E-state index is 9.73. The van der Waals surface area contributed by atoms with Gasteiger partial charge in [-0.25, -0.2) is 0 Å². The van der Waals surface area contributed by atoms with Crippen molar-refractivity contribution in [2.75, 3.05) is 0 Å². The minimum Gasteiger partial charge on any atom is -0.0643 e. The van der Waals surface area contributed by atoms with Crippen molar-refractivity contribution in [2.45, 2.75) is 5.75 Å². The van der Waals surface area contributed by atoms with E-state index in [1.54, 1.807) is 0 Å². The molecule has 0 saturated carbocycles. The van der Waals surface area contributed by atoms with Crippen LogP contribution in [0.1, 0.15) is 0 Å². The fraction of sp³-hybridized carbons (Fsp3) is 1.00. The Morgan fingerprint density at radius 1 is 1.67 bits per heavy atom. The lowest BCUT2D eigenvalue weighted by atomic mass is 11.5. The van der Waals surface area contributed by atoms with E-state index in [1.807, 2.05) is 0 Å². The van der Waals surface area contributed by atoms with Crippen LogP contribution in [0.15, 0.2) is 0 Å². The van der Waals surface area contributed by atoms with Gasteiger partial charge in [-0.1, -0.05) is 20.6 Å². The molecule has 0 radical (unpaired) electrons. The van der Waals surface area contributed by atoms with Crippen molar-refractivity contribution in [3.05, 3.63) is 0 Å². The van der Waals surface area contributed by atoms with Gasteiger partial charge in [0.2, 0.25) is 0 Å². The number of hydrogen-bond donors (Lipinski definition) is 0. The largest absolute Gasteiger partial charge is 0.705 e. The van der Waals surface area contributed by atoms with Gasteiger partial charge in [0, 0.05) is 4.57 Å². The smallest absolute Gasteiger partial charge is 0.0643 e. The summed E-state index contributed by atoms with van der Waals surface area (Å²) in [5, 5.41) is 0. The third-order valence-corrected chi connectivity index (χ3v) is 1.49. The van der Waals surface area contributed by atoms with Crippen LogP contribution in [0.2, 0.25) is 0 Å². The van der Waals surface area contributed by atoms with Gasteiger partial charge in [0.15, 0.2) is 0 Å². The first-order valence-corrected chi connectivity index (χ1v) is 2.77. The number of alkyl halides is 1. The summed E-state index contributed by atoms with van der Waals surface area (Å²) in [6, 6.07) is 0. The Morgan fingerprint density at radius 3 is 2.17 bits per heavy atom. The summed E-state index contributed by atoms with van der Waals surface area (Å²) in [6.07, 6.45) is 0. The van der Waals surface area contributed by atoms with E-state index in [1.165, 1.54) is 0 Å². The van der Waals surface area contributed by atoms with E-state index in [9.17, 15) is 4.57 Å². The molecular weight excluding hydrogens is 126 g/mol. The van der Waals surface area contributed by atoms with Crippen LogP contribution in [0.5, 0.6) is 0 Å². The molecule has 6 heavy (non-hydrogen) atoms. The standard InChI is InChI=1S/CHClO3P/c2-1-4-6(3)5-1/h1H/q+1. The molecule has 0 aromatic rings. The molecule has 0 amide bonds. The Labute approximate surface area is 40.1 Å². The second-order valence-corrected chi connectivity index (χ2v) is 1.93. The topological polar surface area (TPSA) is 35.5 Å². The number of halogens is 1. The average molecular weight is 127 g/mol. The van der Waals surface area contributed by atoms with Crippen LogP contribution in [0.3, 0.4) is 0 Å². The summed E-state index contributed by atoms with van der Waals surface area (Å²) in [5.74, 6) is -0.770. The van der Waals surface area contributed by atoms with Crippen molar-refractivity contribution in [1.29, 1.82) is 0 Å². The van der Waals surface area contributed by atoms with Crippen LogP contribution < -0.4 is 0 Å². The third kappa shape index (κ3) is 0.684. The Kier molecular flexibility index (Phi) is 1.06. The highest BCUT2D eigenvalue weighted by molar-refractivity contribution is 7.34. The lowest BCUT2D eigenvalue weighted by Crippen LogP contribution is -2.10. The van der Waals surface area contributed by atoms with Gasteiger partial charge >= 0.3 is 14.0 Å². The van der Waals surface area contributed by atoms with Crippen LogP contribution >= 0.6 is 19.9 Å². The minimum absolute atomic E-state index is 0.770. The predicted octanol–water partition coefficient (Wildman–Crippen LogP) is 1.21. The van der Waals surface area contributed by atoms with Crippen molar-refractivity contribution in [1.82, 2.24) is 0 Å². The summed E-state index contributed by atoms with van der Waals surface area (Å²) in [6.45, 7) is 0. The fourth-order valence-corrected chi connectivity index (χ4v) is 0.820. The van der Waals surface area contributed by atoms with Crippen molar-refractivity contribution >= 4 is 19.9 Å². The first-order chi connectivity index (χ1) is 2.79. The normalized spacial score (nSPS) is 38.8. The van der Waals surface area contributed by atoms with E-state index in [4.69, 9.17) is 11.6 Å². The van der Waals surface area contributed by atoms with Gasteiger partial charge in [-0.05, 0) is 0 Å². The first kappa shape index (κ1) is 4.47. The first-order valence-electron chi connectivity index (χ1n) is 1.24. The summed E-state index contributed by atoms with van der Waals surface area (Å²) >= 11 is 5.02.